The molecule has 270 valence electrons. The number of fused-ring (bicyclic) bond motifs is 3. The largest absolute Gasteiger partial charge is 0.461 e. The summed E-state index contributed by atoms with van der Waals surface area (Å²) in [5, 5.41) is 9.23. The molecular weight excluding hydrogens is 696 g/mol. The minimum Gasteiger partial charge on any atom is -0.461 e. The number of nitriles is 1. The van der Waals surface area contributed by atoms with E-state index in [9.17, 15) is 18.8 Å². The van der Waals surface area contributed by atoms with Crippen LogP contribution in [0.4, 0.5) is 37.2 Å². The third-order valence-electron chi connectivity index (χ3n) is 10.6. The summed E-state index contributed by atoms with van der Waals surface area (Å²) < 4.78 is 97.6. The van der Waals surface area contributed by atoms with Crippen LogP contribution in [0.25, 0.3) is 32.1 Å². The van der Waals surface area contributed by atoms with Gasteiger partial charge in [-0.25, -0.2) is 13.2 Å². The molecule has 0 unspecified atom stereocenters. The smallest absolute Gasteiger partial charge is 0.417 e. The van der Waals surface area contributed by atoms with Crippen molar-refractivity contribution in [3.63, 3.8) is 0 Å². The van der Waals surface area contributed by atoms with Crippen molar-refractivity contribution in [2.24, 2.45) is 5.92 Å². The summed E-state index contributed by atoms with van der Waals surface area (Å²) in [5.74, 6) is -2.57. The molecule has 2 aliphatic heterocycles. The lowest BCUT2D eigenvalue weighted by Gasteiger charge is -2.43. The molecule has 2 aromatic heterocycles. The Labute approximate surface area is 293 Å². The van der Waals surface area contributed by atoms with E-state index in [1.54, 1.807) is 25.9 Å². The van der Waals surface area contributed by atoms with Crippen LogP contribution in [0.1, 0.15) is 50.2 Å². The number of carbonyl (C=O) groups is 1. The highest BCUT2D eigenvalue weighted by Crippen LogP contribution is 2.49. The van der Waals surface area contributed by atoms with Gasteiger partial charge in [0.15, 0.2) is 5.82 Å². The molecule has 2 aromatic carbocycles. The Hall–Kier alpha value is -4.36. The molecule has 7 rings (SSSR count). The maximum atomic E-state index is 17.1. The Morgan fingerprint density at radius 1 is 1.24 bits per heavy atom. The number of amides is 1. The number of hydrogen-bond donors (Lipinski definition) is 1. The molecule has 2 N–H and O–H groups in total. The molecule has 0 bridgehead atoms. The zero-order chi connectivity index (χ0) is 36.6. The summed E-state index contributed by atoms with van der Waals surface area (Å²) in [4.78, 5) is 26.8. The van der Waals surface area contributed by atoms with E-state index < -0.39 is 46.2 Å². The number of hydrogen-bond acceptors (Lipinski definition) is 9. The Morgan fingerprint density at radius 2 is 1.98 bits per heavy atom. The van der Waals surface area contributed by atoms with E-state index in [0.717, 1.165) is 24.6 Å². The quantitative estimate of drug-likeness (QED) is 0.195. The maximum absolute atomic E-state index is 17.1. The number of nitrogens with two attached hydrogens (primary N) is 1. The molecule has 4 aromatic rings. The van der Waals surface area contributed by atoms with Crippen LogP contribution in [-0.2, 0) is 11.0 Å². The van der Waals surface area contributed by atoms with E-state index in [1.807, 2.05) is 11.0 Å². The summed E-state index contributed by atoms with van der Waals surface area (Å²) in [5.41, 5.74) is 1.92. The van der Waals surface area contributed by atoms with Crippen molar-refractivity contribution in [1.29, 1.82) is 5.26 Å². The molecule has 51 heavy (non-hydrogen) atoms. The SMILES string of the molecule is CCN(c1nc(OC[C@@]23CCCN2C[C@H](F)C3)nc2c(F)c(-c3ccc(F)c4sc(N)c(C#N)c34)c(C(F)(F)F)cc12)C1CC(C(=O)N(C)C)C1. The van der Waals surface area contributed by atoms with Gasteiger partial charge in [0.25, 0.3) is 0 Å². The first kappa shape index (κ1) is 35.1. The number of halogens is 6. The van der Waals surface area contributed by atoms with E-state index in [2.05, 4.69) is 9.97 Å². The number of anilines is 2. The highest BCUT2D eigenvalue weighted by molar-refractivity contribution is 7.23. The van der Waals surface area contributed by atoms with E-state index in [1.165, 1.54) is 4.90 Å². The monoisotopic (exact) mass is 731 g/mol. The zero-order valence-corrected chi connectivity index (χ0v) is 28.9. The van der Waals surface area contributed by atoms with Crippen molar-refractivity contribution in [2.45, 2.75) is 63.0 Å². The fraction of sp³-hybridized carbons (Fsp3) is 0.486. The van der Waals surface area contributed by atoms with E-state index in [4.69, 9.17) is 10.5 Å². The van der Waals surface area contributed by atoms with E-state index >= 15 is 17.6 Å². The van der Waals surface area contributed by atoms with Crippen molar-refractivity contribution in [3.8, 4) is 23.2 Å². The molecule has 3 fully saturated rings. The van der Waals surface area contributed by atoms with Crippen LogP contribution in [0.3, 0.4) is 0 Å². The molecule has 0 spiro atoms. The van der Waals surface area contributed by atoms with Crippen LogP contribution >= 0.6 is 11.3 Å². The van der Waals surface area contributed by atoms with Crippen molar-refractivity contribution in [1.82, 2.24) is 19.8 Å². The second-order valence-electron chi connectivity index (χ2n) is 13.8. The van der Waals surface area contributed by atoms with Gasteiger partial charge < -0.3 is 20.3 Å². The number of ether oxygens (including phenoxy) is 1. The third kappa shape index (κ3) is 5.78. The Balaban J connectivity index is 1.43. The van der Waals surface area contributed by atoms with Crippen LogP contribution in [0.5, 0.6) is 6.01 Å². The predicted octanol–water partition coefficient (Wildman–Crippen LogP) is 6.91. The second-order valence-corrected chi connectivity index (χ2v) is 14.8. The normalized spacial score (nSPS) is 23.3. The summed E-state index contributed by atoms with van der Waals surface area (Å²) in [6, 6.07) is 3.90. The minimum atomic E-state index is -5.11. The number of aromatic nitrogens is 2. The fourth-order valence-electron chi connectivity index (χ4n) is 8.11. The molecule has 0 radical (unpaired) electrons. The van der Waals surface area contributed by atoms with Crippen molar-refractivity contribution in [2.75, 3.05) is 51.0 Å². The lowest BCUT2D eigenvalue weighted by Crippen LogP contribution is -2.50. The summed E-state index contributed by atoms with van der Waals surface area (Å²) in [6.07, 6.45) is -3.63. The highest BCUT2D eigenvalue weighted by atomic mass is 32.1. The van der Waals surface area contributed by atoms with Crippen LogP contribution < -0.4 is 15.4 Å². The highest BCUT2D eigenvalue weighted by Gasteiger charge is 2.49. The standard InChI is InChI=1S/C35H35F6N7O2S/c1-4-48(19-10-17(11-19)32(49)46(2)3)31-21-12-23(35(39,40)41)26(20-6-7-24(37)29-25(20)22(14-42)30(43)51-29)27(38)28(21)44-33(45-31)50-16-34-8-5-9-47(34)15-18(36)13-34/h6-7,12,17-19H,4-5,8-11,13,15-16,43H2,1-3H3/t17?,18-,19?,34+/m1/s1. The van der Waals surface area contributed by atoms with Crippen LogP contribution in [-0.4, -0.2) is 83.8 Å². The average Bonchev–Trinajstić information content (AvgIpc) is 3.70. The Morgan fingerprint density at radius 3 is 2.65 bits per heavy atom. The fourth-order valence-corrected chi connectivity index (χ4v) is 9.06. The van der Waals surface area contributed by atoms with Gasteiger partial charge in [0.2, 0.25) is 5.91 Å². The number of carbonyl (C=O) groups excluding carboxylic acids is 1. The number of thiophene rings is 1. The maximum Gasteiger partial charge on any atom is 0.417 e. The first-order valence-corrected chi connectivity index (χ1v) is 17.5. The van der Waals surface area contributed by atoms with E-state index in [-0.39, 0.29) is 87.4 Å². The second kappa shape index (κ2) is 12.7. The Bertz CT molecular complexity index is 2090. The van der Waals surface area contributed by atoms with Gasteiger partial charge in [0, 0.05) is 61.9 Å². The summed E-state index contributed by atoms with van der Waals surface area (Å²) >= 11 is 0.682. The molecule has 1 aliphatic carbocycles. The molecule has 9 nitrogen and oxygen atoms in total. The molecular formula is C35H35F6N7O2S. The van der Waals surface area contributed by atoms with Crippen molar-refractivity contribution >= 4 is 49.1 Å². The predicted molar refractivity (Wildman–Crippen MR) is 181 cm³/mol. The van der Waals surface area contributed by atoms with Gasteiger partial charge in [0.1, 0.15) is 41.0 Å². The lowest BCUT2D eigenvalue weighted by molar-refractivity contribution is -0.137. The van der Waals surface area contributed by atoms with Crippen LogP contribution in [0, 0.1) is 28.9 Å². The number of alkyl halides is 4. The minimum absolute atomic E-state index is 0.00786. The third-order valence-corrected chi connectivity index (χ3v) is 11.6. The van der Waals surface area contributed by atoms with Gasteiger partial charge in [-0.1, -0.05) is 6.07 Å². The number of benzene rings is 2. The summed E-state index contributed by atoms with van der Waals surface area (Å²) in [6.45, 7) is 2.96. The van der Waals surface area contributed by atoms with Gasteiger partial charge in [-0.2, -0.15) is 28.4 Å². The van der Waals surface area contributed by atoms with Crippen molar-refractivity contribution < 1.29 is 35.9 Å². The molecule has 1 saturated carbocycles. The van der Waals surface area contributed by atoms with Gasteiger partial charge >= 0.3 is 12.2 Å². The molecule has 16 heteroatoms. The summed E-state index contributed by atoms with van der Waals surface area (Å²) in [7, 11) is 3.29. The zero-order valence-electron chi connectivity index (χ0n) is 28.1. The molecule has 3 aliphatic rings. The van der Waals surface area contributed by atoms with Crippen LogP contribution in [0.15, 0.2) is 18.2 Å². The van der Waals surface area contributed by atoms with Crippen LogP contribution in [0.2, 0.25) is 0 Å². The van der Waals surface area contributed by atoms with Gasteiger partial charge in [0.05, 0.1) is 21.4 Å². The average molecular weight is 732 g/mol. The van der Waals surface area contributed by atoms with Gasteiger partial charge in [-0.3, -0.25) is 9.69 Å². The lowest BCUT2D eigenvalue weighted by atomic mass is 9.78. The van der Waals surface area contributed by atoms with E-state index in [0.29, 0.717) is 37.1 Å². The molecule has 4 heterocycles. The number of rotatable bonds is 8. The molecule has 2 atom stereocenters. The first-order chi connectivity index (χ1) is 24.2. The molecule has 2 saturated heterocycles. The first-order valence-electron chi connectivity index (χ1n) is 16.7. The van der Waals surface area contributed by atoms with Crippen molar-refractivity contribution in [3.05, 3.63) is 41.0 Å². The van der Waals surface area contributed by atoms with Gasteiger partial charge in [-0.05, 0) is 56.8 Å². The number of nitrogens with zero attached hydrogens (tertiary/aromatic N) is 6. The topological polar surface area (TPSA) is 112 Å². The molecule has 1 amide bonds. The Kier molecular flexibility index (Phi) is 8.73. The van der Waals surface area contributed by atoms with Gasteiger partial charge in [-0.15, -0.1) is 11.3 Å². The number of nitrogen functional groups attached to an aromatic ring is 1.